The molecule has 71 heavy (non-hydrogen) atoms. The topological polar surface area (TPSA) is 71.7 Å². The van der Waals surface area contributed by atoms with Gasteiger partial charge in [0, 0.05) is 40.2 Å². The first kappa shape index (κ1) is 33.2. The fourth-order valence-corrected chi connectivity index (χ4v) is 8.80. The van der Waals surface area contributed by atoms with E-state index in [-0.39, 0.29) is 27.9 Å². The number of ether oxygens (including phenoxy) is 1. The maximum atomic E-state index is 9.18. The number of rotatable bonds is 10. The van der Waals surface area contributed by atoms with E-state index in [4.69, 9.17) is 32.9 Å². The molecular weight excluding hydrogens is 871 g/mol. The number of para-hydroxylation sites is 1. The van der Waals surface area contributed by atoms with Gasteiger partial charge in [0.25, 0.3) is 12.4 Å². The molecule has 0 aliphatic carbocycles. The Balaban J connectivity index is 1.08. The minimum absolute atomic E-state index is 0.139. The molecule has 12 rings (SSSR count). The van der Waals surface area contributed by atoms with Crippen LogP contribution in [0.3, 0.4) is 0 Å². The first-order chi connectivity index (χ1) is 39.0. The third kappa shape index (κ3) is 8.29. The highest BCUT2D eigenvalue weighted by atomic mass is 16.5. The number of benzene rings is 8. The lowest BCUT2D eigenvalue weighted by Crippen LogP contribution is -2.12. The zero-order valence-corrected chi connectivity index (χ0v) is 38.7. The van der Waals surface area contributed by atoms with E-state index >= 15 is 0 Å². The van der Waals surface area contributed by atoms with Gasteiger partial charge in [0.1, 0.15) is 17.3 Å². The van der Waals surface area contributed by atoms with Gasteiger partial charge in [-0.2, -0.15) is 0 Å². The Bertz CT molecular complexity index is 4310. The number of hydrogen-bond donors (Lipinski definition) is 0. The fraction of sp³-hybridized carbons (Fsp3) is 0.0635. The Kier molecular flexibility index (Phi) is 8.39. The fourth-order valence-electron chi connectivity index (χ4n) is 8.80. The van der Waals surface area contributed by atoms with Gasteiger partial charge in [-0.05, 0) is 64.6 Å². The Labute approximate surface area is 426 Å². The van der Waals surface area contributed by atoms with Crippen LogP contribution in [0.4, 0.5) is 11.4 Å². The van der Waals surface area contributed by atoms with E-state index in [1.165, 1.54) is 0 Å². The van der Waals surface area contributed by atoms with E-state index in [0.717, 1.165) is 32.9 Å². The van der Waals surface area contributed by atoms with Gasteiger partial charge in [-0.15, -0.1) is 0 Å². The van der Waals surface area contributed by atoms with Crippen molar-refractivity contribution in [2.45, 2.75) is 26.2 Å². The Morgan fingerprint density at radius 1 is 0.521 bits per heavy atom. The average Bonchev–Trinajstić information content (AvgIpc) is 4.32. The van der Waals surface area contributed by atoms with Gasteiger partial charge in [-0.25, -0.2) is 19.9 Å². The molecule has 0 unspecified atom stereocenters. The van der Waals surface area contributed by atoms with Gasteiger partial charge in [-0.1, -0.05) is 181 Å². The lowest BCUT2D eigenvalue weighted by atomic mass is 9.82. The van der Waals surface area contributed by atoms with Crippen LogP contribution in [0.5, 0.6) is 11.5 Å². The monoisotopic (exact) mass is 927 g/mol. The van der Waals surface area contributed by atoms with Crippen molar-refractivity contribution in [1.82, 2.24) is 24.5 Å². The zero-order valence-electron chi connectivity index (χ0n) is 48.7. The lowest BCUT2D eigenvalue weighted by Gasteiger charge is -2.22. The van der Waals surface area contributed by atoms with Crippen LogP contribution in [0, 0.1) is 0 Å². The van der Waals surface area contributed by atoms with Crippen molar-refractivity contribution in [3.05, 3.63) is 236 Å². The van der Waals surface area contributed by atoms with Crippen molar-refractivity contribution in [3.8, 4) is 73.7 Å². The van der Waals surface area contributed by atoms with E-state index in [9.17, 15) is 5.48 Å². The van der Waals surface area contributed by atoms with Gasteiger partial charge < -0.3 is 4.74 Å². The summed E-state index contributed by atoms with van der Waals surface area (Å²) in [4.78, 5) is 20.0. The van der Waals surface area contributed by atoms with Crippen molar-refractivity contribution in [2.24, 2.45) is 0 Å². The van der Waals surface area contributed by atoms with Gasteiger partial charge in [-0.3, -0.25) is 4.57 Å². The summed E-state index contributed by atoms with van der Waals surface area (Å²) >= 11 is 0. The molecule has 4 heterocycles. The minimum atomic E-state index is -0.638. The molecule has 0 amide bonds. The smallest absolute Gasteiger partial charge is 0.456 e. The maximum absolute atomic E-state index is 9.18. The summed E-state index contributed by atoms with van der Waals surface area (Å²) in [5.74, 6) is 2.84. The maximum Gasteiger partial charge on any atom is 0.501 e. The second kappa shape index (κ2) is 17.9. The summed E-state index contributed by atoms with van der Waals surface area (Å²) in [5.41, 5.74) is 4.66. The van der Waals surface area contributed by atoms with E-state index in [2.05, 4.69) is 22.7 Å². The summed E-state index contributed by atoms with van der Waals surface area (Å²) < 4.78 is 101. The minimum Gasteiger partial charge on any atom is -0.456 e. The van der Waals surface area contributed by atoms with Crippen LogP contribution in [0.1, 0.15) is 40.0 Å². The van der Waals surface area contributed by atoms with Crippen molar-refractivity contribution in [2.75, 3.05) is 0 Å². The normalized spacial score (nSPS) is 14.3. The first-order valence-electron chi connectivity index (χ1n) is 28.0. The summed E-state index contributed by atoms with van der Waals surface area (Å²) in [6.45, 7) is 5.79. The highest BCUT2D eigenvalue weighted by molar-refractivity contribution is 6.11. The van der Waals surface area contributed by atoms with Crippen LogP contribution in [0.25, 0.3) is 84.0 Å². The number of pyridine rings is 1. The molecule has 11 aromatic rings. The van der Waals surface area contributed by atoms with Crippen LogP contribution in [0.2, 0.25) is 0 Å². The van der Waals surface area contributed by atoms with Crippen LogP contribution in [-0.4, -0.2) is 39.7 Å². The Hall–Kier alpha value is -9.36. The van der Waals surface area contributed by atoms with E-state index < -0.39 is 65.8 Å². The summed E-state index contributed by atoms with van der Waals surface area (Å²) in [5, 5.41) is 1.88. The molecule has 8 nitrogen and oxygen atoms in total. The average molecular weight is 928 g/mol. The van der Waals surface area contributed by atoms with Crippen LogP contribution >= 0.6 is 0 Å². The molecule has 0 spiro atoms. The van der Waals surface area contributed by atoms with Gasteiger partial charge >= 0.3 is 6.01 Å². The SMILES string of the molecule is [2H]c1c([2H])c([2H])c(-c2cc(C(C)(C)C)cc(-c3c([2H])c([2H])c([2H])c([2H])c3[2H])c2[N+]2=C=[N+](c3cccc(Oc4cc5c(cc4-c4nc(-c6ccccc6)nc(-c6ccccc6)n4)c4ccccc4n5-c4ccccn4)c3)C=C2)c([2H])c1[2H]. The molecule has 3 aromatic heterocycles. The summed E-state index contributed by atoms with van der Waals surface area (Å²) in [6, 6.07) is 46.1. The number of fused-ring (bicyclic) bond motifs is 3. The van der Waals surface area contributed by atoms with Gasteiger partial charge in [0.05, 0.1) is 47.5 Å². The summed E-state index contributed by atoms with van der Waals surface area (Å²) in [6.07, 6.45) is 5.11. The summed E-state index contributed by atoms with van der Waals surface area (Å²) in [7, 11) is 0. The highest BCUT2D eigenvalue weighted by Crippen LogP contribution is 2.45. The highest BCUT2D eigenvalue weighted by Gasteiger charge is 2.31. The van der Waals surface area contributed by atoms with E-state index in [1.54, 1.807) is 39.9 Å². The molecule has 1 aliphatic rings. The van der Waals surface area contributed by atoms with Crippen molar-refractivity contribution >= 4 is 39.2 Å². The van der Waals surface area contributed by atoms with E-state index in [1.807, 2.05) is 148 Å². The lowest BCUT2D eigenvalue weighted by molar-refractivity contribution is -0.386. The molecule has 0 saturated carbocycles. The molecule has 338 valence electrons. The molecular formula is C63H47N7O+2. The molecule has 8 aromatic carbocycles. The number of aromatic nitrogens is 5. The van der Waals surface area contributed by atoms with E-state index in [0.29, 0.717) is 51.6 Å². The molecule has 0 radical (unpaired) electrons. The quantitative estimate of drug-likeness (QED) is 0.128. The van der Waals surface area contributed by atoms with Crippen molar-refractivity contribution in [1.29, 1.82) is 0 Å². The van der Waals surface area contributed by atoms with Crippen LogP contribution in [-0.2, 0) is 5.41 Å². The number of hydrogen-bond acceptors (Lipinski definition) is 5. The van der Waals surface area contributed by atoms with Gasteiger partial charge in [0.2, 0.25) is 11.4 Å². The van der Waals surface area contributed by atoms with Crippen LogP contribution < -0.4 is 4.74 Å². The molecule has 0 bridgehead atoms. The molecule has 0 atom stereocenters. The molecule has 0 N–H and O–H groups in total. The number of nitrogens with zero attached hydrogens (tertiary/aromatic N) is 7. The van der Waals surface area contributed by atoms with Crippen LogP contribution in [0.15, 0.2) is 231 Å². The second-order valence-corrected chi connectivity index (χ2v) is 17.9. The Morgan fingerprint density at radius 2 is 1.13 bits per heavy atom. The molecule has 8 heteroatoms. The predicted octanol–water partition coefficient (Wildman–Crippen LogP) is 15.4. The predicted molar refractivity (Wildman–Crippen MR) is 285 cm³/mol. The third-order valence-electron chi connectivity index (χ3n) is 12.3. The largest absolute Gasteiger partial charge is 0.501 e. The Morgan fingerprint density at radius 3 is 1.76 bits per heavy atom. The molecule has 0 fully saturated rings. The molecule has 0 saturated heterocycles. The zero-order chi connectivity index (χ0) is 56.6. The second-order valence-electron chi connectivity index (χ2n) is 17.9. The van der Waals surface area contributed by atoms with Crippen molar-refractivity contribution in [3.63, 3.8) is 0 Å². The first-order valence-corrected chi connectivity index (χ1v) is 23.0. The molecule has 1 aliphatic heterocycles. The van der Waals surface area contributed by atoms with Crippen molar-refractivity contribution < 1.29 is 27.6 Å². The third-order valence-corrected chi connectivity index (χ3v) is 12.3. The van der Waals surface area contributed by atoms with Gasteiger partial charge in [0.15, 0.2) is 17.5 Å². The standard InChI is InChI=1S/C63H47N7O/c1-63(2,3)47-37-51(43-21-8-4-9-22-43)59(52(38-47)44-23-10-5-11-24-44)69-36-35-68(42-69)48-29-20-30-49(39-48)71-57-41-56-53(50-31-16-17-32-55(50)70(56)58-33-18-19-34-64-58)40-54(57)62-66-60(45-25-12-6-13-26-45)65-61(67-62)46-27-14-7-15-28-46/h4-41H,1-3H3/q+2/i4D,5D,8D,9D,10D,11D,21D,22D,23D,24D.